The smallest absolute Gasteiger partial charge is 0.330 e. The zero-order chi connectivity index (χ0) is 45.1. The maximum atomic E-state index is 11.8. The fourth-order valence-electron chi connectivity index (χ4n) is 6.19. The van der Waals surface area contributed by atoms with Gasteiger partial charge in [-0.15, -0.1) is 15.3 Å². The second kappa shape index (κ2) is 28.1. The summed E-state index contributed by atoms with van der Waals surface area (Å²) in [5, 5.41) is 40.4. The van der Waals surface area contributed by atoms with Gasteiger partial charge in [0.05, 0.1) is 21.6 Å². The number of rotatable bonds is 31. The molecule has 0 fully saturated rings. The van der Waals surface area contributed by atoms with Gasteiger partial charge in [-0.1, -0.05) is 91.2 Å². The molecule has 0 aromatic heterocycles. The number of benzene rings is 3. The quantitative estimate of drug-likeness (QED) is 0.0148. The first kappa shape index (κ1) is 49.8. The molecular formula is C45H59N7O10. The Balaban J connectivity index is 2.01. The summed E-state index contributed by atoms with van der Waals surface area (Å²) < 4.78 is 22.0. The van der Waals surface area contributed by atoms with Crippen LogP contribution in [-0.4, -0.2) is 61.3 Å². The third-order valence-electron chi connectivity index (χ3n) is 9.55. The highest BCUT2D eigenvalue weighted by Crippen LogP contribution is 2.42. The normalized spacial score (nSPS) is 11.1. The number of carbonyl (C=O) groups excluding carboxylic acids is 2. The summed E-state index contributed by atoms with van der Waals surface area (Å²) in [6, 6.07) is 11.9. The zero-order valence-electron chi connectivity index (χ0n) is 36.1. The van der Waals surface area contributed by atoms with E-state index in [2.05, 4.69) is 64.5 Å². The summed E-state index contributed by atoms with van der Waals surface area (Å²) in [5.74, 6) is -1.15. The Morgan fingerprint density at radius 3 is 1.55 bits per heavy atom. The van der Waals surface area contributed by atoms with Crippen molar-refractivity contribution in [3.8, 4) is 11.5 Å². The van der Waals surface area contributed by atoms with Crippen molar-refractivity contribution >= 4 is 51.8 Å². The van der Waals surface area contributed by atoms with E-state index in [-0.39, 0.29) is 55.0 Å². The molecule has 17 heteroatoms. The highest BCUT2D eigenvalue weighted by molar-refractivity contribution is 5.81. The molecule has 0 bridgehead atoms. The lowest BCUT2D eigenvalue weighted by molar-refractivity contribution is -0.393. The molecule has 0 spiro atoms. The molecule has 0 heterocycles. The van der Waals surface area contributed by atoms with E-state index in [1.807, 2.05) is 13.0 Å². The van der Waals surface area contributed by atoms with Gasteiger partial charge >= 0.3 is 17.6 Å². The lowest BCUT2D eigenvalue weighted by Gasteiger charge is -2.26. The Hall–Kier alpha value is -6.52. The van der Waals surface area contributed by atoms with Crippen LogP contribution in [-0.2, 0) is 19.1 Å². The monoisotopic (exact) mass is 857 g/mol. The van der Waals surface area contributed by atoms with E-state index in [4.69, 9.17) is 18.9 Å². The molecule has 0 aliphatic rings. The molecule has 62 heavy (non-hydrogen) atoms. The van der Waals surface area contributed by atoms with E-state index >= 15 is 0 Å². The predicted molar refractivity (Wildman–Crippen MR) is 238 cm³/mol. The van der Waals surface area contributed by atoms with Gasteiger partial charge in [0.2, 0.25) is 0 Å². The van der Waals surface area contributed by atoms with Gasteiger partial charge in [-0.25, -0.2) is 9.59 Å². The Bertz CT molecular complexity index is 2000. The summed E-state index contributed by atoms with van der Waals surface area (Å²) in [6.07, 6.45) is 16.6. The number of carbonyl (C=O) groups is 2. The standard InChI is InChI=1S/C45H59N7O10/c1-6-10-12-14-16-18-24-50(25-19-17-15-13-11-7-2)35-20-22-37(34(5)30-35)46-48-39-32-43(60-27-29-62-45(54)9-4)40(33-42(39)59-26-28-61-44(53)8-3)49-47-38-23-21-36(51(55)56)31-41(38)52(57)58/h8-9,20-23,30-33H,3-4,6-7,10-19,24-29H2,1-2,5H3/b48-46+,49-47+. The van der Waals surface area contributed by atoms with Crippen LogP contribution in [0.3, 0.4) is 0 Å². The minimum Gasteiger partial charge on any atom is -0.488 e. The first-order valence-electron chi connectivity index (χ1n) is 21.1. The molecule has 0 atom stereocenters. The van der Waals surface area contributed by atoms with Crippen LogP contribution >= 0.6 is 0 Å². The number of hydrogen-bond acceptors (Lipinski definition) is 15. The van der Waals surface area contributed by atoms with Crippen molar-refractivity contribution in [2.24, 2.45) is 20.5 Å². The number of nitro groups is 2. The van der Waals surface area contributed by atoms with E-state index in [9.17, 15) is 29.8 Å². The third kappa shape index (κ3) is 17.6. The number of nitrogens with zero attached hydrogens (tertiary/aromatic N) is 7. The maximum Gasteiger partial charge on any atom is 0.330 e. The molecule has 3 aromatic rings. The SMILES string of the molecule is C=CC(=O)OCCOc1cc(/N=N/c2ccc([N+](=O)[O-])cc2[N+](=O)[O-])c(OCCOC(=O)C=C)cc1/N=N/c1ccc(N(CCCCCCCC)CCCCCCCC)cc1C. The molecule has 0 saturated carbocycles. The van der Waals surface area contributed by atoms with E-state index in [1.54, 1.807) is 0 Å². The molecule has 0 amide bonds. The summed E-state index contributed by atoms with van der Waals surface area (Å²) in [6.45, 7) is 14.6. The van der Waals surface area contributed by atoms with Gasteiger partial charge in [-0.05, 0) is 49.6 Å². The molecule has 0 N–H and O–H groups in total. The first-order chi connectivity index (χ1) is 30.0. The van der Waals surface area contributed by atoms with E-state index in [0.717, 1.165) is 67.5 Å². The van der Waals surface area contributed by atoms with Gasteiger partial charge in [0.25, 0.3) is 5.69 Å². The van der Waals surface area contributed by atoms with Crippen LogP contribution in [0.4, 0.5) is 39.8 Å². The van der Waals surface area contributed by atoms with E-state index < -0.39 is 33.2 Å². The Morgan fingerprint density at radius 2 is 1.08 bits per heavy atom. The first-order valence-corrected chi connectivity index (χ1v) is 21.1. The highest BCUT2D eigenvalue weighted by atomic mass is 16.6. The number of unbranched alkanes of at least 4 members (excludes halogenated alkanes) is 10. The number of azo groups is 2. The fourth-order valence-corrected chi connectivity index (χ4v) is 6.19. The minimum atomic E-state index is -0.813. The van der Waals surface area contributed by atoms with Crippen LogP contribution in [0.15, 0.2) is 94.3 Å². The van der Waals surface area contributed by atoms with Gasteiger partial charge < -0.3 is 23.8 Å². The average Bonchev–Trinajstić information content (AvgIpc) is 3.27. The number of non-ortho nitro benzene ring substituents is 1. The largest absolute Gasteiger partial charge is 0.488 e. The number of esters is 2. The lowest BCUT2D eigenvalue weighted by Crippen LogP contribution is -2.25. The summed E-state index contributed by atoms with van der Waals surface area (Å²) in [5.41, 5.74) is 1.38. The van der Waals surface area contributed by atoms with Crippen molar-refractivity contribution < 1.29 is 38.4 Å². The topological polar surface area (TPSA) is 210 Å². The van der Waals surface area contributed by atoms with Crippen molar-refractivity contribution in [1.29, 1.82) is 0 Å². The Labute approximate surface area is 363 Å². The maximum absolute atomic E-state index is 11.8. The molecule has 334 valence electrons. The number of ether oxygens (including phenoxy) is 4. The number of nitro benzene ring substituents is 2. The Kier molecular flexibility index (Phi) is 22.6. The molecule has 0 unspecified atom stereocenters. The van der Waals surface area contributed by atoms with Crippen LogP contribution in [0, 0.1) is 27.2 Å². The molecular weight excluding hydrogens is 799 g/mol. The van der Waals surface area contributed by atoms with Crippen LogP contribution in [0.5, 0.6) is 11.5 Å². The van der Waals surface area contributed by atoms with Gasteiger partial charge in [-0.2, -0.15) is 5.11 Å². The van der Waals surface area contributed by atoms with Crippen molar-refractivity contribution in [2.75, 3.05) is 44.4 Å². The van der Waals surface area contributed by atoms with Crippen molar-refractivity contribution in [3.05, 3.63) is 99.6 Å². The van der Waals surface area contributed by atoms with Crippen LogP contribution < -0.4 is 14.4 Å². The van der Waals surface area contributed by atoms with Gasteiger partial charge in [0.15, 0.2) is 5.69 Å². The van der Waals surface area contributed by atoms with Crippen LogP contribution in [0.1, 0.15) is 96.5 Å². The minimum absolute atomic E-state index is 0.00101. The summed E-state index contributed by atoms with van der Waals surface area (Å²) in [7, 11) is 0. The summed E-state index contributed by atoms with van der Waals surface area (Å²) >= 11 is 0. The number of aryl methyl sites for hydroxylation is 1. The molecule has 3 aromatic carbocycles. The summed E-state index contributed by atoms with van der Waals surface area (Å²) in [4.78, 5) is 47.3. The van der Waals surface area contributed by atoms with Crippen molar-refractivity contribution in [1.82, 2.24) is 0 Å². The van der Waals surface area contributed by atoms with E-state index in [0.29, 0.717) is 5.69 Å². The molecule has 3 rings (SSSR count). The second-order valence-corrected chi connectivity index (χ2v) is 14.3. The molecule has 0 radical (unpaired) electrons. The van der Waals surface area contributed by atoms with Gasteiger partial charge in [-0.3, -0.25) is 20.2 Å². The zero-order valence-corrected chi connectivity index (χ0v) is 36.1. The third-order valence-corrected chi connectivity index (χ3v) is 9.55. The predicted octanol–water partition coefficient (Wildman–Crippen LogP) is 12.4. The van der Waals surface area contributed by atoms with Crippen LogP contribution in [0.2, 0.25) is 0 Å². The molecule has 0 aliphatic heterocycles. The van der Waals surface area contributed by atoms with E-state index in [1.165, 1.54) is 76.3 Å². The van der Waals surface area contributed by atoms with Gasteiger partial charge in [0.1, 0.15) is 49.3 Å². The molecule has 17 nitrogen and oxygen atoms in total. The average molecular weight is 858 g/mol. The number of anilines is 1. The lowest BCUT2D eigenvalue weighted by atomic mass is 10.1. The molecule has 0 saturated heterocycles. The Morgan fingerprint density at radius 1 is 0.613 bits per heavy atom. The highest BCUT2D eigenvalue weighted by Gasteiger charge is 2.21. The van der Waals surface area contributed by atoms with Crippen molar-refractivity contribution in [2.45, 2.75) is 97.8 Å². The number of hydrogen-bond donors (Lipinski definition) is 0. The second-order valence-electron chi connectivity index (χ2n) is 14.3. The van der Waals surface area contributed by atoms with Gasteiger partial charge in [0, 0.05) is 49.1 Å². The fraction of sp³-hybridized carbons (Fsp3) is 0.467. The molecule has 0 aliphatic carbocycles. The van der Waals surface area contributed by atoms with Crippen molar-refractivity contribution in [3.63, 3.8) is 0 Å². The van der Waals surface area contributed by atoms with Crippen LogP contribution in [0.25, 0.3) is 0 Å².